The van der Waals surface area contributed by atoms with Crippen molar-refractivity contribution in [2.24, 2.45) is 0 Å². The van der Waals surface area contributed by atoms with Crippen molar-refractivity contribution < 1.29 is 23.3 Å². The second-order valence-electron chi connectivity index (χ2n) is 12.0. The first kappa shape index (κ1) is 47.2. The molecule has 0 bridgehead atoms. The lowest BCUT2D eigenvalue weighted by Gasteiger charge is -2.01. The average Bonchev–Trinajstić information content (AvgIpc) is 3.35. The maximum Gasteiger partial charge on any atom is 0.184 e. The first-order valence-corrected chi connectivity index (χ1v) is 53.7. The molecular formula is C18H70O5Si12. The normalized spacial score (nSPS) is 19.5. The molecule has 35 heavy (non-hydrogen) atoms. The molecular weight excluding hydrogens is 633 g/mol. The van der Waals surface area contributed by atoms with Crippen LogP contribution in [0.5, 0.6) is 0 Å². The Hall–Kier alpha value is 2.40. The van der Waals surface area contributed by atoms with Gasteiger partial charge in [0.1, 0.15) is 0 Å². The lowest BCUT2D eigenvalue weighted by Crippen LogP contribution is -2.28. The summed E-state index contributed by atoms with van der Waals surface area (Å²) in [4.78, 5) is 34.3. The fraction of sp³-hybridized carbons (Fsp3) is 1.00. The topological polar surface area (TPSA) is 93.5 Å². The summed E-state index contributed by atoms with van der Waals surface area (Å²) in [5.74, 6) is 0. The summed E-state index contributed by atoms with van der Waals surface area (Å²) in [5, 5.41) is 0. The standard InChI is InChI=1S/3C4H14Si2.2C2H10O2Si2.C2H8OSi2/c3*1-5(2)6(3)4;2*1-5(3)6(2)4;1-4-3-5(4)2/h3*5-6H,1-4H3;2*3-6H,1-2H3;4-5H,1-2H3. The predicted molar refractivity (Wildman–Crippen MR) is 201 cm³/mol. The van der Waals surface area contributed by atoms with Gasteiger partial charge in [0.25, 0.3) is 0 Å². The molecule has 1 aliphatic rings. The van der Waals surface area contributed by atoms with E-state index in [1.807, 2.05) is 0 Å². The highest BCUT2D eigenvalue weighted by Crippen LogP contribution is 2.09. The van der Waals surface area contributed by atoms with Crippen LogP contribution in [0.25, 0.3) is 0 Å². The zero-order valence-corrected chi connectivity index (χ0v) is 41.0. The van der Waals surface area contributed by atoms with E-state index in [0.717, 1.165) is 0 Å². The van der Waals surface area contributed by atoms with E-state index >= 15 is 0 Å². The maximum absolute atomic E-state index is 8.58. The number of rotatable bonds is 5. The molecule has 1 saturated heterocycles. The van der Waals surface area contributed by atoms with Gasteiger partial charge >= 0.3 is 0 Å². The Morgan fingerprint density at radius 3 is 0.429 bits per heavy atom. The largest absolute Gasteiger partial charge is 0.461 e. The van der Waals surface area contributed by atoms with Crippen molar-refractivity contribution in [3.05, 3.63) is 0 Å². The van der Waals surface area contributed by atoms with Crippen molar-refractivity contribution in [2.75, 3.05) is 0 Å². The van der Waals surface area contributed by atoms with Crippen LogP contribution in [0.4, 0.5) is 0 Å². The van der Waals surface area contributed by atoms with E-state index in [9.17, 15) is 0 Å². The van der Waals surface area contributed by atoms with Gasteiger partial charge < -0.3 is 23.3 Å². The molecule has 0 radical (unpaired) electrons. The van der Waals surface area contributed by atoms with Gasteiger partial charge in [0, 0.05) is 49.9 Å². The van der Waals surface area contributed by atoms with Crippen molar-refractivity contribution in [1.29, 1.82) is 0 Å². The van der Waals surface area contributed by atoms with E-state index in [0.29, 0.717) is 0 Å². The molecule has 17 heteroatoms. The fourth-order valence-electron chi connectivity index (χ4n) is 0.293. The molecule has 1 aliphatic heterocycles. The van der Waals surface area contributed by atoms with Crippen LogP contribution in [0.15, 0.2) is 0 Å². The fourth-order valence-corrected chi connectivity index (χ4v) is 5.47. The Bertz CT molecular complexity index is 310. The van der Waals surface area contributed by atoms with Crippen molar-refractivity contribution >= 4 is 101 Å². The average molecular weight is 704 g/mol. The molecule has 0 aromatic heterocycles. The highest BCUT2D eigenvalue weighted by atomic mass is 29.3. The van der Waals surface area contributed by atoms with E-state index in [-0.39, 0.29) is 67.0 Å². The van der Waals surface area contributed by atoms with Crippen molar-refractivity contribution in [1.82, 2.24) is 0 Å². The molecule has 6 atom stereocenters. The van der Waals surface area contributed by atoms with E-state index in [1.54, 1.807) is 26.2 Å². The Morgan fingerprint density at radius 1 is 0.343 bits per heavy atom. The van der Waals surface area contributed by atoms with Gasteiger partial charge in [0.15, 0.2) is 51.3 Å². The molecule has 0 aromatic rings. The van der Waals surface area contributed by atoms with E-state index in [4.69, 9.17) is 23.3 Å². The second-order valence-corrected chi connectivity index (χ2v) is 77.9. The molecule has 1 fully saturated rings. The van der Waals surface area contributed by atoms with E-state index in [2.05, 4.69) is 91.7 Å². The minimum Gasteiger partial charge on any atom is -0.461 e. The summed E-state index contributed by atoms with van der Waals surface area (Å²) in [6, 6.07) is 0. The first-order chi connectivity index (χ1) is 15.5. The highest BCUT2D eigenvalue weighted by molar-refractivity contribution is 7.29. The molecule has 0 spiro atoms. The van der Waals surface area contributed by atoms with Gasteiger partial charge in [0.05, 0.1) is 0 Å². The minimum absolute atomic E-state index is 0.105. The summed E-state index contributed by atoms with van der Waals surface area (Å²) in [7, 11) is -7.52. The number of hydrogen-bond donors (Lipinski definition) is 4. The molecule has 0 aromatic carbocycles. The van der Waals surface area contributed by atoms with Crippen LogP contribution in [0.3, 0.4) is 0 Å². The van der Waals surface area contributed by atoms with Crippen LogP contribution in [0.1, 0.15) is 0 Å². The molecule has 0 aliphatic carbocycles. The predicted octanol–water partition coefficient (Wildman–Crippen LogP) is 0.430. The first-order valence-electron chi connectivity index (χ1n) is 13.9. The zero-order valence-electron chi connectivity index (χ0n) is 27.1. The van der Waals surface area contributed by atoms with Crippen LogP contribution in [0, 0.1) is 0 Å². The van der Waals surface area contributed by atoms with Gasteiger partial charge in [0.2, 0.25) is 0 Å². The third-order valence-electron chi connectivity index (χ3n) is 6.41. The molecule has 0 amide bonds. The molecule has 4 N–H and O–H groups in total. The van der Waals surface area contributed by atoms with Crippen LogP contribution in [-0.2, 0) is 4.12 Å². The van der Waals surface area contributed by atoms with Crippen LogP contribution >= 0.6 is 0 Å². The minimum atomic E-state index is -1.55. The molecule has 1 rings (SSSR count). The van der Waals surface area contributed by atoms with Crippen LogP contribution in [-0.4, -0.2) is 120 Å². The van der Waals surface area contributed by atoms with Gasteiger partial charge in [-0.25, -0.2) is 0 Å². The molecule has 1 heterocycles. The maximum atomic E-state index is 8.58. The summed E-state index contributed by atoms with van der Waals surface area (Å²) in [6.07, 6.45) is 0. The molecule has 0 saturated carbocycles. The van der Waals surface area contributed by atoms with Gasteiger partial charge in [-0.3, -0.25) is 0 Å². The SMILES string of the molecule is C[SiH](C)[SiH](C)C.C[SiH](C)[SiH](C)C.C[SiH](C)[SiH](C)C.C[SiH](O)[SiH](C)O.C[SiH](O)[SiH](C)O.C[SiH]1O[SiH]1C. The monoisotopic (exact) mass is 702 g/mol. The zero-order chi connectivity index (χ0) is 29.6. The van der Waals surface area contributed by atoms with E-state index in [1.165, 1.54) is 0 Å². The summed E-state index contributed by atoms with van der Waals surface area (Å²) in [5.41, 5.74) is 0. The van der Waals surface area contributed by atoms with Crippen LogP contribution in [0.2, 0.25) is 118 Å². The molecule has 220 valence electrons. The summed E-state index contributed by atoms with van der Waals surface area (Å²) < 4.78 is 5.19. The van der Waals surface area contributed by atoms with Crippen molar-refractivity contribution in [3.8, 4) is 0 Å². The molecule has 6 unspecified atom stereocenters. The lowest BCUT2D eigenvalue weighted by molar-refractivity contribution is 0.555. The third kappa shape index (κ3) is 53.4. The second kappa shape index (κ2) is 29.4. The molecule has 5 nitrogen and oxygen atoms in total. The quantitative estimate of drug-likeness (QED) is 0.247. The van der Waals surface area contributed by atoms with Gasteiger partial charge in [-0.05, 0) is 39.3 Å². The smallest absolute Gasteiger partial charge is 0.184 e. The Balaban J connectivity index is -0.000000103. The van der Waals surface area contributed by atoms with Gasteiger partial charge in [-0.2, -0.15) is 0 Å². The van der Waals surface area contributed by atoms with E-state index < -0.39 is 34.2 Å². The Labute approximate surface area is 240 Å². The number of hydrogen-bond acceptors (Lipinski definition) is 5. The van der Waals surface area contributed by atoms with Crippen molar-refractivity contribution in [3.63, 3.8) is 0 Å². The van der Waals surface area contributed by atoms with Gasteiger partial charge in [-0.1, -0.05) is 78.6 Å². The van der Waals surface area contributed by atoms with Crippen molar-refractivity contribution in [2.45, 2.75) is 118 Å². The lowest BCUT2D eigenvalue weighted by atomic mass is 11.9. The van der Waals surface area contributed by atoms with Gasteiger partial charge in [-0.15, -0.1) is 0 Å². The summed E-state index contributed by atoms with van der Waals surface area (Å²) in [6.45, 7) is 40.8. The Morgan fingerprint density at radius 2 is 0.429 bits per heavy atom. The Kier molecular flexibility index (Phi) is 39.6. The highest BCUT2D eigenvalue weighted by Gasteiger charge is 2.32. The third-order valence-corrected chi connectivity index (χ3v) is 57.7. The van der Waals surface area contributed by atoms with Crippen LogP contribution < -0.4 is 0 Å². The summed E-state index contributed by atoms with van der Waals surface area (Å²) >= 11 is 0.